The molecule has 0 saturated heterocycles. The fraction of sp³-hybridized carbons (Fsp3) is 0.143. The molecule has 0 fully saturated rings. The van der Waals surface area contributed by atoms with Gasteiger partial charge < -0.3 is 18.7 Å². The zero-order valence-corrected chi connectivity index (χ0v) is 27.0. The van der Waals surface area contributed by atoms with Gasteiger partial charge in [-0.15, -0.1) is 0 Å². The fourth-order valence-electron chi connectivity index (χ4n) is 7.12. The molecule has 0 aliphatic heterocycles. The summed E-state index contributed by atoms with van der Waals surface area (Å²) in [5, 5.41) is 22.4. The van der Waals surface area contributed by atoms with Crippen LogP contribution in [-0.4, -0.2) is 28.4 Å². The molecule has 0 atom stereocenters. The summed E-state index contributed by atoms with van der Waals surface area (Å²) < 4.78 is 15.5. The molecule has 0 spiro atoms. The number of rotatable bonds is 5. The van der Waals surface area contributed by atoms with Gasteiger partial charge in [0.1, 0.15) is 11.2 Å². The molecule has 228 valence electrons. The van der Waals surface area contributed by atoms with Gasteiger partial charge in [-0.25, -0.2) is 0 Å². The monoisotopic (exact) mass is 611 g/mol. The van der Waals surface area contributed by atoms with Crippen molar-refractivity contribution in [2.24, 2.45) is 0 Å². The van der Waals surface area contributed by atoms with Crippen molar-refractivity contribution in [2.75, 3.05) is 0 Å². The Morgan fingerprint density at radius 1 is 0.574 bits per heavy atom. The highest BCUT2D eigenvalue weighted by Crippen LogP contribution is 2.43. The SMILES string of the molecule is CC(C)(O)C(C)(C)OBc1cccc2c1oc1c3ccccc3c(-n3c4cc5ccccc5cc4c4c5ccccc5ccc43)cc21. The summed E-state index contributed by atoms with van der Waals surface area (Å²) in [5.41, 5.74) is 4.36. The number of furan rings is 1. The summed E-state index contributed by atoms with van der Waals surface area (Å²) >= 11 is 0. The Balaban J connectivity index is 1.37. The molecule has 4 nitrogen and oxygen atoms in total. The van der Waals surface area contributed by atoms with Gasteiger partial charge >= 0.3 is 7.48 Å². The minimum absolute atomic E-state index is 0.325. The number of hydrogen-bond acceptors (Lipinski definition) is 3. The van der Waals surface area contributed by atoms with Gasteiger partial charge in [0.25, 0.3) is 0 Å². The molecular weight excluding hydrogens is 577 g/mol. The lowest BCUT2D eigenvalue weighted by Gasteiger charge is -2.37. The van der Waals surface area contributed by atoms with Crippen LogP contribution in [0.3, 0.4) is 0 Å². The molecule has 1 N–H and O–H groups in total. The van der Waals surface area contributed by atoms with Gasteiger partial charge in [0, 0.05) is 32.3 Å². The van der Waals surface area contributed by atoms with Crippen LogP contribution in [0.5, 0.6) is 0 Å². The molecule has 0 saturated carbocycles. The third kappa shape index (κ3) is 4.17. The average molecular weight is 612 g/mol. The molecule has 0 unspecified atom stereocenters. The van der Waals surface area contributed by atoms with Crippen molar-refractivity contribution >= 4 is 89.0 Å². The molecule has 0 aliphatic carbocycles. The highest BCUT2D eigenvalue weighted by Gasteiger charge is 2.36. The molecule has 0 bridgehead atoms. The number of benzene rings is 7. The average Bonchev–Trinajstić information content (AvgIpc) is 3.61. The Labute approximate surface area is 273 Å². The molecule has 0 amide bonds. The van der Waals surface area contributed by atoms with E-state index in [-0.39, 0.29) is 0 Å². The zero-order chi connectivity index (χ0) is 32.1. The van der Waals surface area contributed by atoms with Crippen molar-refractivity contribution in [3.05, 3.63) is 121 Å². The maximum Gasteiger partial charge on any atom is 0.313 e. The lowest BCUT2D eigenvalue weighted by molar-refractivity contribution is -0.0893. The van der Waals surface area contributed by atoms with E-state index < -0.39 is 11.2 Å². The highest BCUT2D eigenvalue weighted by molar-refractivity contribution is 6.51. The third-order valence-corrected chi connectivity index (χ3v) is 10.4. The Hall–Kier alpha value is -5.10. The van der Waals surface area contributed by atoms with E-state index in [2.05, 4.69) is 126 Å². The maximum atomic E-state index is 10.7. The fourth-order valence-corrected chi connectivity index (χ4v) is 7.12. The lowest BCUT2D eigenvalue weighted by atomic mass is 9.82. The van der Waals surface area contributed by atoms with Crippen LogP contribution in [0, 0.1) is 0 Å². The summed E-state index contributed by atoms with van der Waals surface area (Å²) in [4.78, 5) is 0. The van der Waals surface area contributed by atoms with Crippen molar-refractivity contribution in [2.45, 2.75) is 38.9 Å². The number of para-hydroxylation sites is 1. The van der Waals surface area contributed by atoms with Crippen molar-refractivity contribution in [1.29, 1.82) is 0 Å². The smallest absolute Gasteiger partial charge is 0.313 e. The van der Waals surface area contributed by atoms with E-state index in [1.807, 2.05) is 13.8 Å². The van der Waals surface area contributed by atoms with Gasteiger partial charge in [-0.2, -0.15) is 0 Å². The van der Waals surface area contributed by atoms with Gasteiger partial charge in [-0.3, -0.25) is 0 Å². The number of aromatic nitrogens is 1. The summed E-state index contributed by atoms with van der Waals surface area (Å²) in [6.45, 7) is 7.40. The topological polar surface area (TPSA) is 47.5 Å². The van der Waals surface area contributed by atoms with Gasteiger partial charge in [0.2, 0.25) is 0 Å². The normalized spacial score (nSPS) is 12.9. The van der Waals surface area contributed by atoms with E-state index in [1.165, 1.54) is 43.4 Å². The lowest BCUT2D eigenvalue weighted by Crippen LogP contribution is -2.49. The Morgan fingerprint density at radius 3 is 1.98 bits per heavy atom. The van der Waals surface area contributed by atoms with Gasteiger partial charge in [-0.1, -0.05) is 97.1 Å². The van der Waals surface area contributed by atoms with Crippen LogP contribution in [-0.2, 0) is 4.65 Å². The van der Waals surface area contributed by atoms with Gasteiger partial charge in [0.15, 0.2) is 0 Å². The molecule has 7 aromatic carbocycles. The van der Waals surface area contributed by atoms with E-state index in [0.717, 1.165) is 43.9 Å². The van der Waals surface area contributed by atoms with Crippen molar-refractivity contribution < 1.29 is 14.2 Å². The molecular formula is C42H34BNO3. The molecule has 5 heteroatoms. The predicted octanol–water partition coefficient (Wildman–Crippen LogP) is 9.69. The summed E-state index contributed by atoms with van der Waals surface area (Å²) in [6.07, 6.45) is 0. The Bertz CT molecular complexity index is 2710. The molecule has 0 radical (unpaired) electrons. The van der Waals surface area contributed by atoms with E-state index in [0.29, 0.717) is 7.48 Å². The van der Waals surface area contributed by atoms with Crippen LogP contribution in [0.25, 0.3) is 81.7 Å². The molecule has 9 aromatic rings. The first-order valence-corrected chi connectivity index (χ1v) is 16.3. The minimum atomic E-state index is -1.00. The molecule has 47 heavy (non-hydrogen) atoms. The van der Waals surface area contributed by atoms with Crippen molar-refractivity contribution in [1.82, 2.24) is 4.57 Å². The first-order chi connectivity index (χ1) is 22.7. The van der Waals surface area contributed by atoms with Crippen LogP contribution in [0.2, 0.25) is 0 Å². The van der Waals surface area contributed by atoms with Crippen LogP contribution >= 0.6 is 0 Å². The summed E-state index contributed by atoms with van der Waals surface area (Å²) in [5.74, 6) is 0. The van der Waals surface area contributed by atoms with Crippen molar-refractivity contribution in [3.8, 4) is 5.69 Å². The number of nitrogens with zero attached hydrogens (tertiary/aromatic N) is 1. The van der Waals surface area contributed by atoms with Crippen LogP contribution in [0.4, 0.5) is 0 Å². The number of aliphatic hydroxyl groups is 1. The van der Waals surface area contributed by atoms with Crippen LogP contribution < -0.4 is 5.46 Å². The number of hydrogen-bond donors (Lipinski definition) is 1. The third-order valence-electron chi connectivity index (χ3n) is 10.4. The minimum Gasteiger partial charge on any atom is -0.456 e. The van der Waals surface area contributed by atoms with E-state index in [4.69, 9.17) is 9.07 Å². The first kappa shape index (κ1) is 28.2. The highest BCUT2D eigenvalue weighted by atomic mass is 16.5. The zero-order valence-electron chi connectivity index (χ0n) is 27.0. The van der Waals surface area contributed by atoms with Gasteiger partial charge in [0.05, 0.1) is 27.9 Å². The van der Waals surface area contributed by atoms with Crippen molar-refractivity contribution in [3.63, 3.8) is 0 Å². The first-order valence-electron chi connectivity index (χ1n) is 16.3. The molecule has 2 aromatic heterocycles. The molecule has 2 heterocycles. The quantitative estimate of drug-likeness (QED) is 0.197. The Kier molecular flexibility index (Phi) is 5.96. The summed E-state index contributed by atoms with van der Waals surface area (Å²) in [6, 6.07) is 43.6. The second kappa shape index (κ2) is 9.95. The van der Waals surface area contributed by atoms with Gasteiger partial charge in [-0.05, 0) is 79.0 Å². The van der Waals surface area contributed by atoms with E-state index in [9.17, 15) is 5.11 Å². The maximum absolute atomic E-state index is 10.7. The van der Waals surface area contributed by atoms with Crippen LogP contribution in [0.1, 0.15) is 27.7 Å². The van der Waals surface area contributed by atoms with E-state index >= 15 is 0 Å². The molecule has 0 aliphatic rings. The second-order valence-electron chi connectivity index (χ2n) is 13.8. The second-order valence-corrected chi connectivity index (χ2v) is 13.8. The standard InChI is InChI=1S/C42H34BNO3/c1-41(2,45)42(3,4)47-43-34-19-11-18-31-32-24-37(29-16-9-10-17-30(29)39(32)46-40(31)34)44-35-21-20-25-12-7-8-15-28(25)38(35)33-22-26-13-5-6-14-27(26)23-36(33)44/h5-24,43,45H,1-4H3. The van der Waals surface area contributed by atoms with E-state index in [1.54, 1.807) is 13.8 Å². The largest absolute Gasteiger partial charge is 0.456 e. The number of fused-ring (bicyclic) bond motifs is 11. The summed E-state index contributed by atoms with van der Waals surface area (Å²) in [7, 11) is 0.325. The Morgan fingerprint density at radius 2 is 1.21 bits per heavy atom. The van der Waals surface area contributed by atoms with Crippen LogP contribution in [0.15, 0.2) is 126 Å². The molecule has 9 rings (SSSR count). The predicted molar refractivity (Wildman–Crippen MR) is 199 cm³/mol.